The van der Waals surface area contributed by atoms with Crippen LogP contribution in [0.3, 0.4) is 0 Å². The molecule has 3 unspecified atom stereocenters. The van der Waals surface area contributed by atoms with E-state index in [9.17, 15) is 9.59 Å². The van der Waals surface area contributed by atoms with Gasteiger partial charge in [-0.2, -0.15) is 11.8 Å². The van der Waals surface area contributed by atoms with E-state index in [1.807, 2.05) is 24.8 Å². The Bertz CT molecular complexity index is 421. The van der Waals surface area contributed by atoms with E-state index in [0.29, 0.717) is 24.0 Å². The molecule has 1 aliphatic rings. The second kappa shape index (κ2) is 6.94. The Labute approximate surface area is 130 Å². The van der Waals surface area contributed by atoms with Crippen molar-refractivity contribution in [3.63, 3.8) is 0 Å². The van der Waals surface area contributed by atoms with Gasteiger partial charge in [-0.3, -0.25) is 4.79 Å². The van der Waals surface area contributed by atoms with E-state index >= 15 is 0 Å². The number of nitrogens with one attached hydrogen (secondary N) is 1. The Morgan fingerprint density at radius 3 is 2.62 bits per heavy atom. The fourth-order valence-corrected chi connectivity index (χ4v) is 4.35. The molecular weight excluding hydrogens is 288 g/mol. The number of allylic oxidation sites excluding steroid dienone is 1. The highest BCUT2D eigenvalue weighted by atomic mass is 32.2. The summed E-state index contributed by atoms with van der Waals surface area (Å²) in [6.07, 6.45) is 4.50. The zero-order valence-corrected chi connectivity index (χ0v) is 13.9. The van der Waals surface area contributed by atoms with Crippen LogP contribution in [-0.4, -0.2) is 45.5 Å². The van der Waals surface area contributed by atoms with Crippen LogP contribution in [0.2, 0.25) is 0 Å². The van der Waals surface area contributed by atoms with Crippen LogP contribution >= 0.6 is 11.8 Å². The van der Waals surface area contributed by atoms with E-state index < -0.39 is 17.6 Å². The number of carbonyl (C=O) groups is 2. The maximum absolute atomic E-state index is 10.8. The Morgan fingerprint density at radius 1 is 1.57 bits per heavy atom. The third-order valence-electron chi connectivity index (χ3n) is 3.79. The minimum absolute atomic E-state index is 0.230. The zero-order valence-electron chi connectivity index (χ0n) is 13.1. The van der Waals surface area contributed by atoms with Crippen molar-refractivity contribution in [2.75, 3.05) is 6.54 Å². The van der Waals surface area contributed by atoms with Crippen molar-refractivity contribution < 1.29 is 14.7 Å². The zero-order chi connectivity index (χ0) is 16.3. The largest absolute Gasteiger partial charge is 0.481 e. The normalized spacial score (nSPS) is 28.6. The average molecular weight is 314 g/mol. The third-order valence-corrected chi connectivity index (χ3v) is 5.33. The van der Waals surface area contributed by atoms with E-state index in [2.05, 4.69) is 32.2 Å². The minimum atomic E-state index is -1.00. The van der Waals surface area contributed by atoms with Gasteiger partial charge in [-0.1, -0.05) is 32.9 Å². The molecule has 0 radical (unpaired) electrons. The Hall–Kier alpha value is -0.850. The molecule has 120 valence electrons. The quantitative estimate of drug-likeness (QED) is 0.463. The van der Waals surface area contributed by atoms with Crippen molar-refractivity contribution in [1.82, 2.24) is 5.32 Å². The molecule has 5 nitrogen and oxygen atoms in total. The molecule has 0 aliphatic carbocycles. The monoisotopic (exact) mass is 314 g/mol. The van der Waals surface area contributed by atoms with Crippen molar-refractivity contribution in [2.45, 2.75) is 55.7 Å². The average Bonchev–Trinajstić information content (AvgIpc) is 2.32. The van der Waals surface area contributed by atoms with Crippen molar-refractivity contribution in [1.29, 1.82) is 0 Å². The molecule has 0 spiro atoms. The number of rotatable bonds is 8. The lowest BCUT2D eigenvalue weighted by Gasteiger charge is -2.48. The number of thioether (sulfide) groups is 1. The van der Waals surface area contributed by atoms with E-state index in [-0.39, 0.29) is 11.2 Å². The smallest absolute Gasteiger partial charge is 0.305 e. The minimum Gasteiger partial charge on any atom is -0.481 e. The highest BCUT2D eigenvalue weighted by Crippen LogP contribution is 2.52. The van der Waals surface area contributed by atoms with Crippen molar-refractivity contribution >= 4 is 24.0 Å². The number of hydrogen-bond donors (Lipinski definition) is 3. The van der Waals surface area contributed by atoms with Gasteiger partial charge < -0.3 is 21.0 Å². The highest BCUT2D eigenvalue weighted by Gasteiger charge is 2.44. The van der Waals surface area contributed by atoms with E-state index in [1.165, 1.54) is 0 Å². The number of carboxylic acids is 1. The number of aliphatic carboxylic acids is 1. The van der Waals surface area contributed by atoms with Crippen LogP contribution in [0.1, 0.15) is 34.1 Å². The Kier molecular flexibility index (Phi) is 6.01. The molecule has 4 atom stereocenters. The SMILES string of the molecule is CC1SC(C)(C)C1C=CC(C)(N)CN[C@H](C=O)CC(=O)O. The van der Waals surface area contributed by atoms with Crippen LogP contribution in [-0.2, 0) is 9.59 Å². The van der Waals surface area contributed by atoms with Gasteiger partial charge in [0.25, 0.3) is 0 Å². The van der Waals surface area contributed by atoms with Gasteiger partial charge in [-0.15, -0.1) is 0 Å². The first kappa shape index (κ1) is 18.2. The van der Waals surface area contributed by atoms with Crippen LogP contribution in [0.4, 0.5) is 0 Å². The van der Waals surface area contributed by atoms with Gasteiger partial charge in [0.15, 0.2) is 0 Å². The van der Waals surface area contributed by atoms with Crippen LogP contribution < -0.4 is 11.1 Å². The molecule has 0 aromatic rings. The summed E-state index contributed by atoms with van der Waals surface area (Å²) in [4.78, 5) is 21.4. The molecule has 0 aromatic heterocycles. The molecule has 0 aromatic carbocycles. The molecule has 1 fully saturated rings. The second-order valence-corrected chi connectivity index (χ2v) is 8.57. The van der Waals surface area contributed by atoms with Crippen molar-refractivity contribution in [3.8, 4) is 0 Å². The predicted molar refractivity (Wildman–Crippen MR) is 86.5 cm³/mol. The fourth-order valence-electron chi connectivity index (χ4n) is 2.60. The maximum atomic E-state index is 10.8. The summed E-state index contributed by atoms with van der Waals surface area (Å²) < 4.78 is 0.230. The fraction of sp³-hybridized carbons (Fsp3) is 0.733. The first-order valence-corrected chi connectivity index (χ1v) is 8.02. The van der Waals surface area contributed by atoms with Crippen LogP contribution in [0.5, 0.6) is 0 Å². The first-order chi connectivity index (χ1) is 9.57. The molecule has 6 heteroatoms. The third kappa shape index (κ3) is 5.45. The second-order valence-electron chi connectivity index (χ2n) is 6.54. The Balaban J connectivity index is 2.53. The van der Waals surface area contributed by atoms with Crippen molar-refractivity contribution in [3.05, 3.63) is 12.2 Å². The molecule has 0 saturated carbocycles. The summed E-state index contributed by atoms with van der Waals surface area (Å²) in [5, 5.41) is 12.2. The molecule has 1 aliphatic heterocycles. The van der Waals surface area contributed by atoms with E-state index in [0.717, 1.165) is 0 Å². The summed E-state index contributed by atoms with van der Waals surface area (Å²) >= 11 is 1.95. The summed E-state index contributed by atoms with van der Waals surface area (Å²) in [7, 11) is 0. The molecule has 0 bridgehead atoms. The molecule has 21 heavy (non-hydrogen) atoms. The highest BCUT2D eigenvalue weighted by molar-refractivity contribution is 8.02. The lowest BCUT2D eigenvalue weighted by Crippen LogP contribution is -2.49. The molecule has 4 N–H and O–H groups in total. The lowest BCUT2D eigenvalue weighted by atomic mass is 9.87. The first-order valence-electron chi connectivity index (χ1n) is 7.14. The van der Waals surface area contributed by atoms with Gasteiger partial charge >= 0.3 is 5.97 Å². The van der Waals surface area contributed by atoms with Gasteiger partial charge in [0.2, 0.25) is 0 Å². The van der Waals surface area contributed by atoms with Gasteiger partial charge in [0.05, 0.1) is 12.5 Å². The van der Waals surface area contributed by atoms with Crippen LogP contribution in [0.15, 0.2) is 12.2 Å². The topological polar surface area (TPSA) is 92.4 Å². The summed E-state index contributed by atoms with van der Waals surface area (Å²) in [6, 6.07) is -0.701. The number of carbonyl (C=O) groups excluding carboxylic acids is 1. The predicted octanol–water partition coefficient (Wildman–Crippen LogP) is 1.42. The van der Waals surface area contributed by atoms with Crippen molar-refractivity contribution in [2.24, 2.45) is 11.7 Å². The Morgan fingerprint density at radius 2 is 2.19 bits per heavy atom. The summed E-state index contributed by atoms with van der Waals surface area (Å²) in [6.45, 7) is 8.85. The maximum Gasteiger partial charge on any atom is 0.305 e. The molecule has 1 saturated heterocycles. The number of nitrogens with two attached hydrogens (primary N) is 1. The molecule has 1 heterocycles. The molecule has 0 amide bonds. The lowest BCUT2D eigenvalue weighted by molar-refractivity contribution is -0.138. The van der Waals surface area contributed by atoms with Gasteiger partial charge in [-0.25, -0.2) is 0 Å². The number of aldehydes is 1. The molecular formula is C15H26N2O3S. The van der Waals surface area contributed by atoms with Gasteiger partial charge in [-0.05, 0) is 6.92 Å². The number of hydrogen-bond acceptors (Lipinski definition) is 5. The number of carboxylic acid groups (broad SMARTS) is 1. The van der Waals surface area contributed by atoms with E-state index in [1.54, 1.807) is 0 Å². The van der Waals surface area contributed by atoms with Crippen LogP contribution in [0.25, 0.3) is 0 Å². The van der Waals surface area contributed by atoms with E-state index in [4.69, 9.17) is 10.8 Å². The molecule has 1 rings (SSSR count). The summed E-state index contributed by atoms with van der Waals surface area (Å²) in [5.74, 6) is -0.526. The van der Waals surface area contributed by atoms with Gasteiger partial charge in [0, 0.05) is 28.0 Å². The van der Waals surface area contributed by atoms with Crippen LogP contribution in [0, 0.1) is 5.92 Å². The van der Waals surface area contributed by atoms with Gasteiger partial charge in [0.1, 0.15) is 6.29 Å². The summed E-state index contributed by atoms with van der Waals surface area (Å²) in [5.41, 5.74) is 5.58. The standard InChI is InChI=1S/C15H26N2O3S/c1-10-12(14(2,3)21-10)5-6-15(4,16)9-17-11(8-18)7-13(19)20/h5-6,8,10-12,17H,7,9,16H2,1-4H3,(H,19,20)/t10?,11-,12?,15?/m0/s1.